The van der Waals surface area contributed by atoms with E-state index in [-0.39, 0.29) is 40.4 Å². The number of ether oxygens (including phenoxy) is 2. The summed E-state index contributed by atoms with van der Waals surface area (Å²) in [5, 5.41) is 10.4. The van der Waals surface area contributed by atoms with Crippen LogP contribution in [0, 0.1) is 0 Å². The molecule has 28 heavy (non-hydrogen) atoms. The number of benzene rings is 2. The summed E-state index contributed by atoms with van der Waals surface area (Å²) < 4.78 is 16.3. The van der Waals surface area contributed by atoms with Crippen LogP contribution in [0.15, 0.2) is 69.9 Å². The Morgan fingerprint density at radius 1 is 1.07 bits per heavy atom. The van der Waals surface area contributed by atoms with Gasteiger partial charge in [-0.2, -0.15) is 0 Å². The van der Waals surface area contributed by atoms with E-state index in [2.05, 4.69) is 0 Å². The summed E-state index contributed by atoms with van der Waals surface area (Å²) in [5.74, 6) is -1.27. The van der Waals surface area contributed by atoms with Gasteiger partial charge in [0.25, 0.3) is 5.75 Å². The minimum atomic E-state index is -0.860. The van der Waals surface area contributed by atoms with Crippen molar-refractivity contribution in [2.45, 2.75) is 19.8 Å². The normalized spacial score (nSPS) is 11.0. The van der Waals surface area contributed by atoms with Crippen molar-refractivity contribution in [2.75, 3.05) is 6.61 Å². The van der Waals surface area contributed by atoms with Crippen LogP contribution in [0.2, 0.25) is 0 Å². The standard InChI is InChI=1S/C22H20O6/c1-2-3-4-8-14-26-19-18-16(23)12-9-13-17(18)27-22(25)20(19)28-21(24)15-10-6-5-7-11-15/h3-7,9-13,23H,2,8,14H2,1H3. The van der Waals surface area contributed by atoms with Crippen LogP contribution in [-0.4, -0.2) is 17.7 Å². The zero-order valence-corrected chi connectivity index (χ0v) is 15.4. The molecule has 0 saturated carbocycles. The predicted molar refractivity (Wildman–Crippen MR) is 105 cm³/mol. The van der Waals surface area contributed by atoms with Crippen molar-refractivity contribution in [1.82, 2.24) is 0 Å². The average molecular weight is 380 g/mol. The fourth-order valence-electron chi connectivity index (χ4n) is 2.65. The summed E-state index contributed by atoms with van der Waals surface area (Å²) in [6, 6.07) is 12.8. The fraction of sp³-hybridized carbons (Fsp3) is 0.182. The molecule has 144 valence electrons. The van der Waals surface area contributed by atoms with Crippen molar-refractivity contribution in [3.05, 3.63) is 76.7 Å². The first-order valence-electron chi connectivity index (χ1n) is 8.95. The fourth-order valence-corrected chi connectivity index (χ4v) is 2.65. The number of esters is 1. The molecule has 0 unspecified atom stereocenters. The van der Waals surface area contributed by atoms with Crippen LogP contribution >= 0.6 is 0 Å². The van der Waals surface area contributed by atoms with E-state index in [0.29, 0.717) is 6.42 Å². The molecule has 2 aromatic carbocycles. The van der Waals surface area contributed by atoms with Crippen LogP contribution in [-0.2, 0) is 0 Å². The van der Waals surface area contributed by atoms with Crippen molar-refractivity contribution >= 4 is 16.9 Å². The summed E-state index contributed by atoms with van der Waals surface area (Å²) in [6.07, 6.45) is 5.44. The Morgan fingerprint density at radius 2 is 1.86 bits per heavy atom. The Bertz CT molecular complexity index is 1050. The molecule has 3 rings (SSSR count). The molecule has 0 atom stereocenters. The van der Waals surface area contributed by atoms with Gasteiger partial charge in [0.05, 0.1) is 12.2 Å². The maximum absolute atomic E-state index is 12.4. The van der Waals surface area contributed by atoms with E-state index in [9.17, 15) is 14.7 Å². The number of fused-ring (bicyclic) bond motifs is 1. The molecule has 1 heterocycles. The first-order chi connectivity index (χ1) is 13.6. The molecule has 0 aliphatic carbocycles. The van der Waals surface area contributed by atoms with Gasteiger partial charge in [0.15, 0.2) is 5.75 Å². The van der Waals surface area contributed by atoms with E-state index in [1.54, 1.807) is 36.4 Å². The van der Waals surface area contributed by atoms with Gasteiger partial charge in [-0.1, -0.05) is 43.3 Å². The van der Waals surface area contributed by atoms with Crippen molar-refractivity contribution < 1.29 is 23.8 Å². The van der Waals surface area contributed by atoms with Crippen molar-refractivity contribution in [3.8, 4) is 17.2 Å². The SMILES string of the molecule is CCC=CCCOc1c(OC(=O)c2ccccc2)c(=O)oc2cccc(O)c12. The lowest BCUT2D eigenvalue weighted by Crippen LogP contribution is -2.16. The second kappa shape index (κ2) is 8.90. The molecule has 3 aromatic rings. The van der Waals surface area contributed by atoms with Gasteiger partial charge in [-0.3, -0.25) is 0 Å². The zero-order chi connectivity index (χ0) is 19.9. The Kier molecular flexibility index (Phi) is 6.11. The molecule has 1 N–H and O–H groups in total. The third kappa shape index (κ3) is 4.23. The summed E-state index contributed by atoms with van der Waals surface area (Å²) in [7, 11) is 0. The maximum Gasteiger partial charge on any atom is 0.383 e. The summed E-state index contributed by atoms with van der Waals surface area (Å²) >= 11 is 0. The quantitative estimate of drug-likeness (QED) is 0.282. The second-order valence-electron chi connectivity index (χ2n) is 5.97. The molecule has 0 aliphatic rings. The molecular weight excluding hydrogens is 360 g/mol. The topological polar surface area (TPSA) is 86.0 Å². The van der Waals surface area contributed by atoms with Crippen molar-refractivity contribution in [1.29, 1.82) is 0 Å². The molecule has 1 aromatic heterocycles. The lowest BCUT2D eigenvalue weighted by Gasteiger charge is -2.13. The first kappa shape index (κ1) is 19.2. The Labute approximate surface area is 161 Å². The molecule has 0 spiro atoms. The van der Waals surface area contributed by atoms with Crippen LogP contribution in [0.25, 0.3) is 11.0 Å². The molecule has 0 aliphatic heterocycles. The number of carbonyl (C=O) groups excluding carboxylic acids is 1. The Morgan fingerprint density at radius 3 is 2.61 bits per heavy atom. The highest BCUT2D eigenvalue weighted by Gasteiger charge is 2.23. The molecule has 0 radical (unpaired) electrons. The third-order valence-electron chi connectivity index (χ3n) is 3.96. The Balaban J connectivity index is 2.02. The Hall–Kier alpha value is -3.54. The van der Waals surface area contributed by atoms with E-state index in [4.69, 9.17) is 13.9 Å². The molecule has 6 nitrogen and oxygen atoms in total. The molecule has 0 saturated heterocycles. The summed E-state index contributed by atoms with van der Waals surface area (Å²) in [4.78, 5) is 24.9. The number of hydrogen-bond donors (Lipinski definition) is 1. The monoisotopic (exact) mass is 380 g/mol. The minimum absolute atomic E-state index is 0.0153. The lowest BCUT2D eigenvalue weighted by atomic mass is 10.2. The van der Waals surface area contributed by atoms with Gasteiger partial charge in [0.1, 0.15) is 16.7 Å². The van der Waals surface area contributed by atoms with Gasteiger partial charge in [0.2, 0.25) is 0 Å². The van der Waals surface area contributed by atoms with Crippen LogP contribution in [0.1, 0.15) is 30.1 Å². The van der Waals surface area contributed by atoms with Crippen molar-refractivity contribution in [3.63, 3.8) is 0 Å². The molecular formula is C22H20O6. The van der Waals surface area contributed by atoms with Crippen LogP contribution in [0.4, 0.5) is 0 Å². The highest BCUT2D eigenvalue weighted by atomic mass is 16.6. The van der Waals surface area contributed by atoms with Gasteiger partial charge in [-0.25, -0.2) is 9.59 Å². The summed E-state index contributed by atoms with van der Waals surface area (Å²) in [6.45, 7) is 2.26. The highest BCUT2D eigenvalue weighted by Crippen LogP contribution is 2.38. The van der Waals surface area contributed by atoms with Gasteiger partial charge < -0.3 is 19.0 Å². The number of aromatic hydroxyl groups is 1. The van der Waals surface area contributed by atoms with Gasteiger partial charge in [-0.15, -0.1) is 0 Å². The van der Waals surface area contributed by atoms with E-state index in [1.165, 1.54) is 12.1 Å². The summed E-state index contributed by atoms with van der Waals surface area (Å²) in [5.41, 5.74) is -0.443. The number of phenolic OH excluding ortho intramolecular Hbond substituents is 1. The van der Waals surface area contributed by atoms with Gasteiger partial charge in [-0.05, 0) is 37.1 Å². The van der Waals surface area contributed by atoms with Crippen molar-refractivity contribution in [2.24, 2.45) is 0 Å². The number of rotatable bonds is 7. The minimum Gasteiger partial charge on any atom is -0.507 e. The van der Waals surface area contributed by atoms with Gasteiger partial charge >= 0.3 is 11.6 Å². The van der Waals surface area contributed by atoms with E-state index >= 15 is 0 Å². The largest absolute Gasteiger partial charge is 0.507 e. The number of allylic oxidation sites excluding steroid dienone is 1. The second-order valence-corrected chi connectivity index (χ2v) is 5.97. The van der Waals surface area contributed by atoms with Crippen LogP contribution in [0.5, 0.6) is 17.2 Å². The highest BCUT2D eigenvalue weighted by molar-refractivity contribution is 5.95. The van der Waals surface area contributed by atoms with Gasteiger partial charge in [0, 0.05) is 0 Å². The van der Waals surface area contributed by atoms with E-state index in [0.717, 1.165) is 6.42 Å². The van der Waals surface area contributed by atoms with Crippen LogP contribution < -0.4 is 15.1 Å². The molecule has 0 fully saturated rings. The lowest BCUT2D eigenvalue weighted by molar-refractivity contribution is 0.0721. The number of hydrogen-bond acceptors (Lipinski definition) is 6. The van der Waals surface area contributed by atoms with Crippen LogP contribution in [0.3, 0.4) is 0 Å². The maximum atomic E-state index is 12.4. The first-order valence-corrected chi connectivity index (χ1v) is 8.95. The third-order valence-corrected chi connectivity index (χ3v) is 3.96. The number of carbonyl (C=O) groups is 1. The average Bonchev–Trinajstić information content (AvgIpc) is 2.70. The molecule has 0 amide bonds. The number of phenols is 1. The predicted octanol–water partition coefficient (Wildman–Crippen LogP) is 4.45. The molecule has 0 bridgehead atoms. The zero-order valence-electron chi connectivity index (χ0n) is 15.4. The molecule has 6 heteroatoms. The van der Waals surface area contributed by atoms with E-state index in [1.807, 2.05) is 19.1 Å². The smallest absolute Gasteiger partial charge is 0.383 e. The van der Waals surface area contributed by atoms with E-state index < -0.39 is 11.6 Å².